The van der Waals surface area contributed by atoms with Crippen molar-refractivity contribution in [1.29, 1.82) is 0 Å². The van der Waals surface area contributed by atoms with Crippen molar-refractivity contribution in [2.75, 3.05) is 0 Å². The molecular weight excluding hydrogens is 207 g/mol. The predicted octanol–water partition coefficient (Wildman–Crippen LogP) is 2.79. The van der Waals surface area contributed by atoms with Gasteiger partial charge in [0, 0.05) is 17.7 Å². The summed E-state index contributed by atoms with van der Waals surface area (Å²) in [7, 11) is 0. The second-order valence-electron chi connectivity index (χ2n) is 3.68. The number of phenols is 1. The Hall–Kier alpha value is -1.84. The predicted molar refractivity (Wildman–Crippen MR) is 59.8 cm³/mol. The monoisotopic (exact) mass is 220 g/mol. The SMILES string of the molecule is CCc1nc(-c2ccc(F)c(O)c2)c(C)[nH]1. The average Bonchev–Trinajstić information content (AvgIpc) is 2.64. The van der Waals surface area contributed by atoms with Gasteiger partial charge in [-0.05, 0) is 25.1 Å². The number of halogens is 1. The van der Waals surface area contributed by atoms with Gasteiger partial charge in [0.05, 0.1) is 5.69 Å². The first-order valence-corrected chi connectivity index (χ1v) is 5.16. The van der Waals surface area contributed by atoms with Crippen LogP contribution in [0.2, 0.25) is 0 Å². The fourth-order valence-electron chi connectivity index (χ4n) is 1.63. The van der Waals surface area contributed by atoms with E-state index in [1.54, 1.807) is 6.07 Å². The van der Waals surface area contributed by atoms with Gasteiger partial charge in [-0.3, -0.25) is 0 Å². The molecule has 0 saturated heterocycles. The van der Waals surface area contributed by atoms with Gasteiger partial charge in [-0.15, -0.1) is 0 Å². The Morgan fingerprint density at radius 1 is 1.44 bits per heavy atom. The number of aromatic nitrogens is 2. The fourth-order valence-corrected chi connectivity index (χ4v) is 1.63. The van der Waals surface area contributed by atoms with E-state index < -0.39 is 5.82 Å². The van der Waals surface area contributed by atoms with Crippen LogP contribution in [0.25, 0.3) is 11.3 Å². The minimum Gasteiger partial charge on any atom is -0.505 e. The van der Waals surface area contributed by atoms with Gasteiger partial charge in [0.1, 0.15) is 5.82 Å². The molecule has 0 unspecified atom stereocenters. The summed E-state index contributed by atoms with van der Waals surface area (Å²) < 4.78 is 12.9. The highest BCUT2D eigenvalue weighted by Crippen LogP contribution is 2.26. The highest BCUT2D eigenvalue weighted by Gasteiger charge is 2.10. The van der Waals surface area contributed by atoms with E-state index in [1.807, 2.05) is 13.8 Å². The number of nitrogens with one attached hydrogen (secondary N) is 1. The lowest BCUT2D eigenvalue weighted by Crippen LogP contribution is -1.84. The van der Waals surface area contributed by atoms with Gasteiger partial charge in [-0.1, -0.05) is 6.92 Å². The molecule has 4 heteroatoms. The van der Waals surface area contributed by atoms with Crippen LogP contribution in [0.1, 0.15) is 18.4 Å². The first kappa shape index (κ1) is 10.7. The Morgan fingerprint density at radius 2 is 2.19 bits per heavy atom. The van der Waals surface area contributed by atoms with Crippen molar-refractivity contribution in [1.82, 2.24) is 9.97 Å². The van der Waals surface area contributed by atoms with Crippen molar-refractivity contribution < 1.29 is 9.50 Å². The lowest BCUT2D eigenvalue weighted by Gasteiger charge is -2.00. The third-order valence-electron chi connectivity index (χ3n) is 2.49. The maximum absolute atomic E-state index is 12.9. The largest absolute Gasteiger partial charge is 0.505 e. The first-order chi connectivity index (χ1) is 7.61. The quantitative estimate of drug-likeness (QED) is 0.817. The standard InChI is InChI=1S/C12H13FN2O/c1-3-11-14-7(2)12(15-11)8-4-5-9(13)10(16)6-8/h4-6,16H,3H2,1-2H3,(H,14,15). The summed E-state index contributed by atoms with van der Waals surface area (Å²) in [6.07, 6.45) is 0.814. The van der Waals surface area contributed by atoms with Gasteiger partial charge in [0.15, 0.2) is 11.6 Å². The third kappa shape index (κ3) is 1.78. The average molecular weight is 220 g/mol. The van der Waals surface area contributed by atoms with Crippen LogP contribution < -0.4 is 0 Å². The zero-order valence-corrected chi connectivity index (χ0v) is 9.21. The lowest BCUT2D eigenvalue weighted by atomic mass is 10.1. The molecule has 1 heterocycles. The molecule has 2 aromatic rings. The van der Waals surface area contributed by atoms with Crippen LogP contribution in [-0.2, 0) is 6.42 Å². The summed E-state index contributed by atoms with van der Waals surface area (Å²) in [5, 5.41) is 9.30. The number of phenolic OH excluding ortho intramolecular Hbond substituents is 1. The highest BCUT2D eigenvalue weighted by molar-refractivity contribution is 5.63. The normalized spacial score (nSPS) is 10.7. The van der Waals surface area contributed by atoms with E-state index in [2.05, 4.69) is 9.97 Å². The summed E-state index contributed by atoms with van der Waals surface area (Å²) in [6, 6.07) is 4.24. The summed E-state index contributed by atoms with van der Waals surface area (Å²) in [5.41, 5.74) is 2.39. The van der Waals surface area contributed by atoms with Gasteiger partial charge < -0.3 is 10.1 Å². The Labute approximate surface area is 93.0 Å². The number of hydrogen-bond acceptors (Lipinski definition) is 2. The number of hydrogen-bond donors (Lipinski definition) is 2. The Bertz CT molecular complexity index is 520. The molecule has 0 saturated carbocycles. The zero-order chi connectivity index (χ0) is 11.7. The molecule has 2 N–H and O–H groups in total. The van der Waals surface area contributed by atoms with E-state index in [-0.39, 0.29) is 5.75 Å². The first-order valence-electron chi connectivity index (χ1n) is 5.16. The number of imidazole rings is 1. The number of aromatic hydroxyl groups is 1. The minimum atomic E-state index is -0.618. The van der Waals surface area contributed by atoms with Gasteiger partial charge in [0.2, 0.25) is 0 Å². The molecule has 0 radical (unpaired) electrons. The summed E-state index contributed by atoms with van der Waals surface area (Å²) in [5.74, 6) is -0.0816. The molecule has 0 bridgehead atoms. The van der Waals surface area contributed by atoms with E-state index in [9.17, 15) is 9.50 Å². The maximum Gasteiger partial charge on any atom is 0.164 e. The lowest BCUT2D eigenvalue weighted by molar-refractivity contribution is 0.432. The van der Waals surface area contributed by atoms with Gasteiger partial charge in [-0.2, -0.15) is 0 Å². The number of rotatable bonds is 2. The fraction of sp³-hybridized carbons (Fsp3) is 0.250. The molecule has 3 nitrogen and oxygen atoms in total. The molecule has 1 aromatic carbocycles. The van der Waals surface area contributed by atoms with Crippen LogP contribution in [0.3, 0.4) is 0 Å². The summed E-state index contributed by atoms with van der Waals surface area (Å²) in [4.78, 5) is 7.52. The molecule has 0 spiro atoms. The maximum atomic E-state index is 12.9. The Balaban J connectivity index is 2.49. The van der Waals surface area contributed by atoms with E-state index in [1.165, 1.54) is 12.1 Å². The number of aryl methyl sites for hydroxylation is 2. The number of benzene rings is 1. The molecule has 0 aliphatic carbocycles. The molecule has 0 aliphatic heterocycles. The molecule has 0 atom stereocenters. The smallest absolute Gasteiger partial charge is 0.164 e. The van der Waals surface area contributed by atoms with E-state index in [4.69, 9.17) is 0 Å². The van der Waals surface area contributed by atoms with Gasteiger partial charge >= 0.3 is 0 Å². The van der Waals surface area contributed by atoms with Crippen molar-refractivity contribution in [2.24, 2.45) is 0 Å². The molecule has 0 aliphatic rings. The molecule has 1 aromatic heterocycles. The summed E-state index contributed by atoms with van der Waals surface area (Å²) >= 11 is 0. The number of nitrogens with zero attached hydrogens (tertiary/aromatic N) is 1. The number of aromatic amines is 1. The van der Waals surface area contributed by atoms with Crippen molar-refractivity contribution in [3.05, 3.63) is 35.5 Å². The Morgan fingerprint density at radius 3 is 2.75 bits per heavy atom. The van der Waals surface area contributed by atoms with Crippen LogP contribution in [-0.4, -0.2) is 15.1 Å². The van der Waals surface area contributed by atoms with Crippen molar-refractivity contribution in [2.45, 2.75) is 20.3 Å². The molecule has 84 valence electrons. The van der Waals surface area contributed by atoms with Crippen LogP contribution >= 0.6 is 0 Å². The molecule has 0 fully saturated rings. The molecular formula is C12H13FN2O. The van der Waals surface area contributed by atoms with Crippen LogP contribution in [0.5, 0.6) is 5.75 Å². The van der Waals surface area contributed by atoms with E-state index in [0.717, 1.165) is 23.6 Å². The second kappa shape index (κ2) is 3.96. The summed E-state index contributed by atoms with van der Waals surface area (Å²) in [6.45, 7) is 3.91. The Kier molecular flexibility index (Phi) is 2.64. The van der Waals surface area contributed by atoms with Crippen molar-refractivity contribution >= 4 is 0 Å². The van der Waals surface area contributed by atoms with Crippen molar-refractivity contribution in [3.63, 3.8) is 0 Å². The van der Waals surface area contributed by atoms with Gasteiger partial charge in [-0.25, -0.2) is 9.37 Å². The molecule has 2 rings (SSSR count). The second-order valence-corrected chi connectivity index (χ2v) is 3.68. The van der Waals surface area contributed by atoms with E-state index in [0.29, 0.717) is 5.56 Å². The number of H-pyrrole nitrogens is 1. The zero-order valence-electron chi connectivity index (χ0n) is 9.21. The highest BCUT2D eigenvalue weighted by atomic mass is 19.1. The minimum absolute atomic E-state index is 0.349. The van der Waals surface area contributed by atoms with Crippen LogP contribution in [0, 0.1) is 12.7 Å². The molecule has 0 amide bonds. The van der Waals surface area contributed by atoms with Crippen molar-refractivity contribution in [3.8, 4) is 17.0 Å². The van der Waals surface area contributed by atoms with Crippen LogP contribution in [0.4, 0.5) is 4.39 Å². The van der Waals surface area contributed by atoms with Gasteiger partial charge in [0.25, 0.3) is 0 Å². The topological polar surface area (TPSA) is 48.9 Å². The van der Waals surface area contributed by atoms with Crippen LogP contribution in [0.15, 0.2) is 18.2 Å². The third-order valence-corrected chi connectivity index (χ3v) is 2.49. The van der Waals surface area contributed by atoms with E-state index >= 15 is 0 Å². The molecule has 16 heavy (non-hydrogen) atoms.